The Morgan fingerprint density at radius 3 is 2.68 bits per heavy atom. The molecule has 0 fully saturated rings. The summed E-state index contributed by atoms with van der Waals surface area (Å²) in [7, 11) is 1.88. The zero-order valence-electron chi connectivity index (χ0n) is 17.5. The van der Waals surface area contributed by atoms with Crippen molar-refractivity contribution in [2.75, 3.05) is 19.0 Å². The fourth-order valence-electron chi connectivity index (χ4n) is 3.65. The molecule has 156 valence electrons. The Morgan fingerprint density at radius 1 is 1.13 bits per heavy atom. The van der Waals surface area contributed by atoms with Crippen LogP contribution in [0, 0.1) is 5.41 Å². The Hall–Kier alpha value is -3.93. The zero-order chi connectivity index (χ0) is 21.6. The van der Waals surface area contributed by atoms with E-state index in [9.17, 15) is 0 Å². The summed E-state index contributed by atoms with van der Waals surface area (Å²) in [6.07, 6.45) is 4.97. The fraction of sp³-hybridized carbons (Fsp3) is 0.160. The quantitative estimate of drug-likeness (QED) is 0.485. The third-order valence-electron chi connectivity index (χ3n) is 5.10. The number of ether oxygens (including phenoxy) is 1. The predicted molar refractivity (Wildman–Crippen MR) is 126 cm³/mol. The van der Waals surface area contributed by atoms with Gasteiger partial charge in [-0.15, -0.1) is 0 Å². The highest BCUT2D eigenvalue weighted by Gasteiger charge is 2.25. The number of rotatable bonds is 7. The van der Waals surface area contributed by atoms with Gasteiger partial charge in [0.05, 0.1) is 17.1 Å². The highest BCUT2D eigenvalue weighted by molar-refractivity contribution is 6.29. The van der Waals surface area contributed by atoms with Crippen molar-refractivity contribution in [3.05, 3.63) is 90.3 Å². The Labute approximate surface area is 182 Å². The Bertz CT molecular complexity index is 1140. The molecule has 6 heteroatoms. The predicted octanol–water partition coefficient (Wildman–Crippen LogP) is 4.84. The van der Waals surface area contributed by atoms with Crippen LogP contribution >= 0.6 is 0 Å². The lowest BCUT2D eigenvalue weighted by atomic mass is 9.87. The van der Waals surface area contributed by atoms with Crippen molar-refractivity contribution >= 4 is 28.6 Å². The van der Waals surface area contributed by atoms with Gasteiger partial charge in [0.2, 0.25) is 5.95 Å². The van der Waals surface area contributed by atoms with Gasteiger partial charge in [-0.2, -0.15) is 0 Å². The average molecular weight is 412 g/mol. The minimum absolute atomic E-state index is 0.413. The van der Waals surface area contributed by atoms with Gasteiger partial charge < -0.3 is 20.8 Å². The topological polar surface area (TPSA) is 82.9 Å². The number of hydrogen-bond donors (Lipinski definition) is 3. The first kappa shape index (κ1) is 20.3. The summed E-state index contributed by atoms with van der Waals surface area (Å²) in [5, 5.41) is 15.2. The Balaban J connectivity index is 1.76. The molecule has 0 radical (unpaired) electrons. The van der Waals surface area contributed by atoms with E-state index in [1.807, 2.05) is 67.8 Å². The molecule has 0 bridgehead atoms. The molecular weight excluding hydrogens is 386 g/mol. The number of para-hydroxylation sites is 2. The lowest BCUT2D eigenvalue weighted by Gasteiger charge is -2.23. The first-order chi connectivity index (χ1) is 15.2. The second-order valence-corrected chi connectivity index (χ2v) is 7.13. The van der Waals surface area contributed by atoms with Crippen LogP contribution in [0.1, 0.15) is 23.2 Å². The Morgan fingerprint density at radius 2 is 1.90 bits per heavy atom. The molecule has 0 unspecified atom stereocenters. The van der Waals surface area contributed by atoms with Crippen molar-refractivity contribution in [2.24, 2.45) is 0 Å². The van der Waals surface area contributed by atoms with Gasteiger partial charge in [0.1, 0.15) is 12.4 Å². The van der Waals surface area contributed by atoms with Crippen LogP contribution in [0.5, 0.6) is 5.75 Å². The lowest BCUT2D eigenvalue weighted by Crippen LogP contribution is -2.20. The van der Waals surface area contributed by atoms with Gasteiger partial charge in [-0.1, -0.05) is 55.1 Å². The van der Waals surface area contributed by atoms with Gasteiger partial charge in [-0.3, -0.25) is 0 Å². The summed E-state index contributed by atoms with van der Waals surface area (Å²) in [6.45, 7) is 4.11. The molecule has 0 amide bonds. The van der Waals surface area contributed by atoms with E-state index in [2.05, 4.69) is 22.2 Å². The third kappa shape index (κ3) is 4.33. The molecule has 6 nitrogen and oxygen atoms in total. The van der Waals surface area contributed by atoms with Crippen molar-refractivity contribution in [2.45, 2.75) is 12.8 Å². The highest BCUT2D eigenvalue weighted by Crippen LogP contribution is 2.33. The minimum Gasteiger partial charge on any atom is -0.487 e. The van der Waals surface area contributed by atoms with Crippen LogP contribution in [0.4, 0.5) is 11.6 Å². The minimum atomic E-state index is 0.413. The molecule has 3 aromatic rings. The largest absolute Gasteiger partial charge is 0.487 e. The zero-order valence-corrected chi connectivity index (χ0v) is 17.5. The van der Waals surface area contributed by atoms with Crippen molar-refractivity contribution in [1.29, 1.82) is 5.41 Å². The summed E-state index contributed by atoms with van der Waals surface area (Å²) in [6, 6.07) is 17.7. The molecule has 0 saturated heterocycles. The molecule has 3 N–H and O–H groups in total. The second-order valence-electron chi connectivity index (χ2n) is 7.13. The summed E-state index contributed by atoms with van der Waals surface area (Å²) >= 11 is 0. The van der Waals surface area contributed by atoms with E-state index in [1.165, 1.54) is 0 Å². The molecule has 31 heavy (non-hydrogen) atoms. The highest BCUT2D eigenvalue weighted by atomic mass is 16.5. The standard InChI is InChI=1S/C25H25N5O/c1-3-15-31-21-12-8-7-11-20(21)29-25-28-16-18-13-14-19(26)22(24(18)30-25)23(27-2)17-9-5-4-6-10-17/h3-12,16,26-27H,1,13-15H2,2H3,(H,28,29,30)/b23-22+,26-19?. The third-order valence-corrected chi connectivity index (χ3v) is 5.10. The molecule has 1 aromatic heterocycles. The van der Waals surface area contributed by atoms with Gasteiger partial charge in [-0.05, 0) is 36.1 Å². The van der Waals surface area contributed by atoms with Crippen molar-refractivity contribution < 1.29 is 4.74 Å². The number of aryl methyl sites for hydroxylation is 1. The van der Waals surface area contributed by atoms with Crippen molar-refractivity contribution in [1.82, 2.24) is 15.3 Å². The van der Waals surface area contributed by atoms with E-state index < -0.39 is 0 Å². The summed E-state index contributed by atoms with van der Waals surface area (Å²) < 4.78 is 5.73. The molecule has 1 aliphatic rings. The SMILES string of the molecule is C=CCOc1ccccc1Nc1ncc2c(n1)/C(=C(/NC)c1ccccc1)C(=N)CC2. The van der Waals surface area contributed by atoms with Crippen LogP contribution in [0.2, 0.25) is 0 Å². The van der Waals surface area contributed by atoms with E-state index in [1.54, 1.807) is 6.08 Å². The monoisotopic (exact) mass is 411 g/mol. The number of anilines is 2. The number of nitrogens with zero attached hydrogens (tertiary/aromatic N) is 2. The maximum Gasteiger partial charge on any atom is 0.227 e. The summed E-state index contributed by atoms with van der Waals surface area (Å²) in [5.74, 6) is 1.16. The van der Waals surface area contributed by atoms with Crippen LogP contribution in [0.3, 0.4) is 0 Å². The van der Waals surface area contributed by atoms with Gasteiger partial charge in [0.25, 0.3) is 0 Å². The number of nitrogens with one attached hydrogen (secondary N) is 3. The molecule has 2 aromatic carbocycles. The maximum absolute atomic E-state index is 8.65. The smallest absolute Gasteiger partial charge is 0.227 e. The number of hydrogen-bond acceptors (Lipinski definition) is 6. The normalized spacial score (nSPS) is 14.4. The number of aromatic nitrogens is 2. The summed E-state index contributed by atoms with van der Waals surface area (Å²) in [4.78, 5) is 9.33. The van der Waals surface area contributed by atoms with E-state index >= 15 is 0 Å². The van der Waals surface area contributed by atoms with E-state index in [0.717, 1.165) is 40.2 Å². The second kappa shape index (κ2) is 9.26. The van der Waals surface area contributed by atoms with Gasteiger partial charge in [0, 0.05) is 24.5 Å². The van der Waals surface area contributed by atoms with Gasteiger partial charge >= 0.3 is 0 Å². The van der Waals surface area contributed by atoms with E-state index in [0.29, 0.717) is 30.4 Å². The van der Waals surface area contributed by atoms with Crippen LogP contribution < -0.4 is 15.4 Å². The molecule has 1 heterocycles. The van der Waals surface area contributed by atoms with E-state index in [-0.39, 0.29) is 0 Å². The Kier molecular flexibility index (Phi) is 6.08. The van der Waals surface area contributed by atoms with Gasteiger partial charge in [0.15, 0.2) is 0 Å². The van der Waals surface area contributed by atoms with Crippen molar-refractivity contribution in [3.63, 3.8) is 0 Å². The molecule has 0 spiro atoms. The first-order valence-electron chi connectivity index (χ1n) is 10.2. The van der Waals surface area contributed by atoms with Crippen LogP contribution in [0.15, 0.2) is 73.4 Å². The molecular formula is C25H25N5O. The first-order valence-corrected chi connectivity index (χ1v) is 10.2. The van der Waals surface area contributed by atoms with Crippen LogP contribution in [-0.4, -0.2) is 29.3 Å². The summed E-state index contributed by atoms with van der Waals surface area (Å²) in [5.41, 5.74) is 5.90. The molecule has 0 atom stereocenters. The number of fused-ring (bicyclic) bond motifs is 1. The van der Waals surface area contributed by atoms with Gasteiger partial charge in [-0.25, -0.2) is 9.97 Å². The van der Waals surface area contributed by atoms with Crippen LogP contribution in [0.25, 0.3) is 11.3 Å². The molecule has 0 saturated carbocycles. The molecule has 1 aliphatic carbocycles. The van der Waals surface area contributed by atoms with Crippen LogP contribution in [-0.2, 0) is 6.42 Å². The number of allylic oxidation sites excluding steroid dienone is 1. The molecule has 0 aliphatic heterocycles. The molecule has 4 rings (SSSR count). The van der Waals surface area contributed by atoms with E-state index in [4.69, 9.17) is 15.1 Å². The maximum atomic E-state index is 8.65. The number of benzene rings is 2. The fourth-order valence-corrected chi connectivity index (χ4v) is 3.65. The average Bonchev–Trinajstić information content (AvgIpc) is 2.81. The van der Waals surface area contributed by atoms with Crippen molar-refractivity contribution in [3.8, 4) is 5.75 Å². The lowest BCUT2D eigenvalue weighted by molar-refractivity contribution is 0.365.